The Kier molecular flexibility index (Phi) is 4.41. The molecule has 1 aliphatic carbocycles. The lowest BCUT2D eigenvalue weighted by molar-refractivity contribution is -0.123. The molecule has 1 unspecified atom stereocenters. The first-order valence-electron chi connectivity index (χ1n) is 7.74. The Labute approximate surface area is 141 Å². The lowest BCUT2D eigenvalue weighted by Gasteiger charge is -2.20. The molecule has 1 aliphatic rings. The van der Waals surface area contributed by atoms with E-state index in [1.165, 1.54) is 5.56 Å². The fourth-order valence-corrected chi connectivity index (χ4v) is 3.12. The van der Waals surface area contributed by atoms with Gasteiger partial charge in [0.2, 0.25) is 5.91 Å². The molecule has 2 N–H and O–H groups in total. The van der Waals surface area contributed by atoms with Gasteiger partial charge in [-0.25, -0.2) is 0 Å². The van der Waals surface area contributed by atoms with Crippen LogP contribution in [0.3, 0.4) is 0 Å². The standard InChI is InChI=1S/C17H21ClN4O/c1-19-15(12-9-21-22(2)10-12)16(23)20-11-17(6-7-17)13-4-3-5-14(18)8-13/h3-5,8-10,15,19H,6-7,11H2,1-2H3,(H,20,23). The molecule has 1 atom stereocenters. The lowest BCUT2D eigenvalue weighted by Crippen LogP contribution is -2.39. The maximum absolute atomic E-state index is 12.5. The predicted molar refractivity (Wildman–Crippen MR) is 90.4 cm³/mol. The molecule has 1 amide bonds. The van der Waals surface area contributed by atoms with Crippen LogP contribution in [-0.2, 0) is 17.3 Å². The summed E-state index contributed by atoms with van der Waals surface area (Å²) < 4.78 is 1.70. The second-order valence-electron chi connectivity index (χ2n) is 6.18. The van der Waals surface area contributed by atoms with E-state index >= 15 is 0 Å². The highest BCUT2D eigenvalue weighted by Crippen LogP contribution is 2.48. The molecule has 1 heterocycles. The first-order chi connectivity index (χ1) is 11.0. The van der Waals surface area contributed by atoms with E-state index in [2.05, 4.69) is 21.8 Å². The van der Waals surface area contributed by atoms with Crippen LogP contribution in [-0.4, -0.2) is 29.3 Å². The zero-order valence-corrected chi connectivity index (χ0v) is 14.1. The van der Waals surface area contributed by atoms with Gasteiger partial charge in [-0.3, -0.25) is 9.48 Å². The van der Waals surface area contributed by atoms with E-state index in [-0.39, 0.29) is 17.4 Å². The van der Waals surface area contributed by atoms with Crippen molar-refractivity contribution in [2.45, 2.75) is 24.3 Å². The van der Waals surface area contributed by atoms with Gasteiger partial charge >= 0.3 is 0 Å². The minimum Gasteiger partial charge on any atom is -0.354 e. The summed E-state index contributed by atoms with van der Waals surface area (Å²) in [5.41, 5.74) is 2.10. The number of nitrogens with zero attached hydrogens (tertiary/aromatic N) is 2. The van der Waals surface area contributed by atoms with Crippen LogP contribution >= 0.6 is 11.6 Å². The highest BCUT2D eigenvalue weighted by Gasteiger charge is 2.44. The number of carbonyl (C=O) groups is 1. The Morgan fingerprint density at radius 3 is 2.83 bits per heavy atom. The van der Waals surface area contributed by atoms with Gasteiger partial charge in [-0.05, 0) is 37.6 Å². The van der Waals surface area contributed by atoms with Gasteiger partial charge < -0.3 is 10.6 Å². The molecule has 2 aromatic rings. The summed E-state index contributed by atoms with van der Waals surface area (Å²) >= 11 is 6.09. The van der Waals surface area contributed by atoms with Gasteiger partial charge in [0, 0.05) is 35.8 Å². The quantitative estimate of drug-likeness (QED) is 0.852. The Bertz CT molecular complexity index is 708. The average molecular weight is 333 g/mol. The van der Waals surface area contributed by atoms with Crippen molar-refractivity contribution < 1.29 is 4.79 Å². The van der Waals surface area contributed by atoms with Crippen molar-refractivity contribution >= 4 is 17.5 Å². The second kappa shape index (κ2) is 6.34. The van der Waals surface area contributed by atoms with Gasteiger partial charge in [-0.1, -0.05) is 23.7 Å². The third kappa shape index (κ3) is 3.41. The molecule has 6 heteroatoms. The first kappa shape index (κ1) is 16.0. The number of likely N-dealkylation sites (N-methyl/N-ethyl adjacent to an activating group) is 1. The number of benzene rings is 1. The van der Waals surface area contributed by atoms with E-state index in [1.54, 1.807) is 17.9 Å². The van der Waals surface area contributed by atoms with Crippen molar-refractivity contribution in [3.63, 3.8) is 0 Å². The van der Waals surface area contributed by atoms with Crippen LogP contribution in [0.15, 0.2) is 36.7 Å². The summed E-state index contributed by atoms with van der Waals surface area (Å²) in [4.78, 5) is 12.5. The van der Waals surface area contributed by atoms with Crippen molar-refractivity contribution in [2.24, 2.45) is 7.05 Å². The Hall–Kier alpha value is -1.85. The fraction of sp³-hybridized carbons (Fsp3) is 0.412. The van der Waals surface area contributed by atoms with E-state index in [4.69, 9.17) is 11.6 Å². The van der Waals surface area contributed by atoms with Gasteiger partial charge in [0.25, 0.3) is 0 Å². The van der Waals surface area contributed by atoms with Crippen LogP contribution in [0.25, 0.3) is 0 Å². The fourth-order valence-electron chi connectivity index (χ4n) is 2.93. The molecular formula is C17H21ClN4O. The zero-order chi connectivity index (χ0) is 16.4. The lowest BCUT2D eigenvalue weighted by atomic mass is 9.96. The predicted octanol–water partition coefficient (Wildman–Crippen LogP) is 2.18. The molecule has 0 radical (unpaired) electrons. The molecule has 0 saturated heterocycles. The van der Waals surface area contributed by atoms with Gasteiger partial charge in [0.05, 0.1) is 6.20 Å². The number of halogens is 1. The van der Waals surface area contributed by atoms with Crippen LogP contribution in [0, 0.1) is 0 Å². The maximum Gasteiger partial charge on any atom is 0.241 e. The summed E-state index contributed by atoms with van der Waals surface area (Å²) in [6.07, 6.45) is 5.71. The number of aromatic nitrogens is 2. The van der Waals surface area contributed by atoms with Crippen molar-refractivity contribution in [2.75, 3.05) is 13.6 Å². The van der Waals surface area contributed by atoms with E-state index in [0.29, 0.717) is 6.54 Å². The monoisotopic (exact) mass is 332 g/mol. The molecular weight excluding hydrogens is 312 g/mol. The average Bonchev–Trinajstić information content (AvgIpc) is 3.22. The van der Waals surface area contributed by atoms with E-state index in [1.807, 2.05) is 31.4 Å². The molecule has 122 valence electrons. The third-order valence-corrected chi connectivity index (χ3v) is 4.74. The van der Waals surface area contributed by atoms with Crippen LogP contribution in [0.5, 0.6) is 0 Å². The van der Waals surface area contributed by atoms with Crippen molar-refractivity contribution in [1.29, 1.82) is 0 Å². The topological polar surface area (TPSA) is 59.0 Å². The molecule has 0 bridgehead atoms. The van der Waals surface area contributed by atoms with Gasteiger partial charge in [0.1, 0.15) is 6.04 Å². The summed E-state index contributed by atoms with van der Waals surface area (Å²) in [6.45, 7) is 0.630. The number of aryl methyl sites for hydroxylation is 1. The van der Waals surface area contributed by atoms with Crippen molar-refractivity contribution in [1.82, 2.24) is 20.4 Å². The number of hydrogen-bond acceptors (Lipinski definition) is 3. The Morgan fingerprint density at radius 2 is 2.26 bits per heavy atom. The smallest absolute Gasteiger partial charge is 0.241 e. The summed E-state index contributed by atoms with van der Waals surface area (Å²) in [6, 6.07) is 7.53. The summed E-state index contributed by atoms with van der Waals surface area (Å²) in [7, 11) is 3.62. The number of rotatable bonds is 6. The van der Waals surface area contributed by atoms with Crippen molar-refractivity contribution in [3.05, 3.63) is 52.8 Å². The van der Waals surface area contributed by atoms with Crippen LogP contribution in [0.4, 0.5) is 0 Å². The van der Waals surface area contributed by atoms with E-state index in [9.17, 15) is 4.79 Å². The van der Waals surface area contributed by atoms with E-state index in [0.717, 1.165) is 23.4 Å². The maximum atomic E-state index is 12.5. The minimum absolute atomic E-state index is 0.0335. The number of nitrogens with one attached hydrogen (secondary N) is 2. The highest BCUT2D eigenvalue weighted by atomic mass is 35.5. The molecule has 3 rings (SSSR count). The van der Waals surface area contributed by atoms with E-state index < -0.39 is 0 Å². The van der Waals surface area contributed by atoms with Crippen LogP contribution < -0.4 is 10.6 Å². The number of amides is 1. The molecule has 1 fully saturated rings. The highest BCUT2D eigenvalue weighted by molar-refractivity contribution is 6.30. The minimum atomic E-state index is -0.390. The van der Waals surface area contributed by atoms with Crippen molar-refractivity contribution in [3.8, 4) is 0 Å². The molecule has 1 aromatic heterocycles. The Balaban J connectivity index is 1.66. The van der Waals surface area contributed by atoms with Gasteiger partial charge in [-0.2, -0.15) is 5.10 Å². The van der Waals surface area contributed by atoms with Gasteiger partial charge in [-0.15, -0.1) is 0 Å². The molecule has 0 aliphatic heterocycles. The number of hydrogen-bond donors (Lipinski definition) is 2. The largest absolute Gasteiger partial charge is 0.354 e. The zero-order valence-electron chi connectivity index (χ0n) is 13.3. The SMILES string of the molecule is CNC(C(=O)NCC1(c2cccc(Cl)c2)CC1)c1cnn(C)c1. The summed E-state index contributed by atoms with van der Waals surface area (Å²) in [5.74, 6) is -0.0335. The first-order valence-corrected chi connectivity index (χ1v) is 8.11. The molecule has 0 spiro atoms. The molecule has 1 aromatic carbocycles. The summed E-state index contributed by atoms with van der Waals surface area (Å²) in [5, 5.41) is 11.0. The number of carbonyl (C=O) groups excluding carboxylic acids is 1. The normalized spacial score (nSPS) is 16.8. The molecule has 1 saturated carbocycles. The van der Waals surface area contributed by atoms with Crippen LogP contribution in [0.1, 0.15) is 30.0 Å². The van der Waals surface area contributed by atoms with Gasteiger partial charge in [0.15, 0.2) is 0 Å². The molecule has 5 nitrogen and oxygen atoms in total. The Morgan fingerprint density at radius 1 is 1.48 bits per heavy atom. The third-order valence-electron chi connectivity index (χ3n) is 4.50. The van der Waals surface area contributed by atoms with Crippen LogP contribution in [0.2, 0.25) is 5.02 Å². The molecule has 23 heavy (non-hydrogen) atoms. The second-order valence-corrected chi connectivity index (χ2v) is 6.61.